The predicted molar refractivity (Wildman–Crippen MR) is 317 cm³/mol. The topological polar surface area (TPSA) is 64.5 Å². The highest BCUT2D eigenvalue weighted by Gasteiger charge is 2.32. The molecule has 0 radical (unpaired) electrons. The Bertz CT molecular complexity index is 3660. The molecule has 1 aliphatic carbocycles. The minimum Gasteiger partial charge on any atom is -0.286 e. The van der Waals surface area contributed by atoms with Crippen LogP contribution in [0.15, 0.2) is 266 Å². The fourth-order valence-corrected chi connectivity index (χ4v) is 13.5. The van der Waals surface area contributed by atoms with Crippen molar-refractivity contribution in [3.05, 3.63) is 286 Å². The van der Waals surface area contributed by atoms with E-state index in [-0.39, 0.29) is 0 Å². The van der Waals surface area contributed by atoms with Crippen molar-refractivity contribution in [3.8, 4) is 0 Å². The van der Waals surface area contributed by atoms with Gasteiger partial charge in [-0.05, 0) is 97.8 Å². The molecular formula is C63H48N8S4. The zero-order valence-corrected chi connectivity index (χ0v) is 44.1. The van der Waals surface area contributed by atoms with E-state index in [1.54, 1.807) is 45.3 Å². The molecule has 0 fully saturated rings. The molecule has 12 heteroatoms. The van der Waals surface area contributed by atoms with Crippen molar-refractivity contribution in [2.75, 3.05) is 19.6 Å². The molecule has 0 saturated heterocycles. The number of aromatic nitrogens is 4. The van der Waals surface area contributed by atoms with Crippen LogP contribution in [0.5, 0.6) is 0 Å². The van der Waals surface area contributed by atoms with E-state index in [2.05, 4.69) is 227 Å². The van der Waals surface area contributed by atoms with Gasteiger partial charge in [-0.1, -0.05) is 192 Å². The molecule has 75 heavy (non-hydrogen) atoms. The van der Waals surface area contributed by atoms with E-state index in [1.807, 2.05) is 49.1 Å². The second kappa shape index (κ2) is 21.9. The summed E-state index contributed by atoms with van der Waals surface area (Å²) >= 11 is 6.66. The average molecular weight is 1050 g/mol. The number of hydrogen-bond donors (Lipinski definition) is 0. The summed E-state index contributed by atoms with van der Waals surface area (Å²) in [5, 5.41) is 3.32. The summed E-state index contributed by atoms with van der Waals surface area (Å²) in [6, 6.07) is 63.0. The maximum atomic E-state index is 5.44. The zero-order chi connectivity index (χ0) is 50.3. The van der Waals surface area contributed by atoms with Gasteiger partial charge in [-0.25, -0.2) is 19.9 Å². The first-order chi connectivity index (χ1) is 37.2. The number of fused-ring (bicyclic) bond motifs is 5. The van der Waals surface area contributed by atoms with Crippen LogP contribution in [-0.2, 0) is 0 Å². The minimum atomic E-state index is 0.687. The monoisotopic (exact) mass is 1040 g/mol. The van der Waals surface area contributed by atoms with Gasteiger partial charge in [0.2, 0.25) is 0 Å². The quantitative estimate of drug-likeness (QED) is 0.106. The van der Waals surface area contributed by atoms with Gasteiger partial charge < -0.3 is 0 Å². The van der Waals surface area contributed by atoms with Gasteiger partial charge >= 0.3 is 0 Å². The Morgan fingerprint density at radius 1 is 0.467 bits per heavy atom. The Kier molecular flexibility index (Phi) is 13.9. The van der Waals surface area contributed by atoms with Gasteiger partial charge in [0.15, 0.2) is 20.5 Å². The number of anilines is 10. The fraction of sp³-hybridized carbons (Fsp3) is 0.0476. The van der Waals surface area contributed by atoms with E-state index < -0.39 is 0 Å². The van der Waals surface area contributed by atoms with E-state index in [0.717, 1.165) is 109 Å². The summed E-state index contributed by atoms with van der Waals surface area (Å²) in [5.41, 5.74) is 11.2. The first kappa shape index (κ1) is 47.5. The number of rotatable bonds is 13. The lowest BCUT2D eigenvalue weighted by atomic mass is 9.98. The van der Waals surface area contributed by atoms with Gasteiger partial charge in [0.1, 0.15) is 0 Å². The highest BCUT2D eigenvalue weighted by Crippen LogP contribution is 2.52. The Hall–Kier alpha value is -8.52. The van der Waals surface area contributed by atoms with E-state index in [9.17, 15) is 0 Å². The largest absolute Gasteiger partial charge is 0.286 e. The van der Waals surface area contributed by atoms with Crippen LogP contribution >= 0.6 is 45.3 Å². The highest BCUT2D eigenvalue weighted by molar-refractivity contribution is 7.21. The third kappa shape index (κ3) is 9.75. The van der Waals surface area contributed by atoms with Crippen molar-refractivity contribution in [1.82, 2.24) is 19.9 Å². The van der Waals surface area contributed by atoms with Crippen molar-refractivity contribution in [1.29, 1.82) is 0 Å². The van der Waals surface area contributed by atoms with Gasteiger partial charge in [0, 0.05) is 75.6 Å². The van der Waals surface area contributed by atoms with Crippen LogP contribution < -0.4 is 19.6 Å². The van der Waals surface area contributed by atoms with Crippen molar-refractivity contribution in [2.45, 2.75) is 19.8 Å². The van der Waals surface area contributed by atoms with E-state index in [4.69, 9.17) is 19.9 Å². The third-order valence-corrected chi connectivity index (χ3v) is 16.6. The van der Waals surface area contributed by atoms with Crippen LogP contribution in [0, 0.1) is 0 Å². The van der Waals surface area contributed by atoms with Crippen LogP contribution in [0.2, 0.25) is 0 Å². The molecule has 2 aliphatic rings. The number of allylic oxidation sites excluding steroid dienone is 8. The molecule has 0 spiro atoms. The molecule has 0 N–H and O–H groups in total. The molecule has 10 aromatic rings. The van der Waals surface area contributed by atoms with E-state index >= 15 is 0 Å². The molecule has 4 aromatic heterocycles. The smallest absolute Gasteiger partial charge is 0.195 e. The molecule has 8 nitrogen and oxygen atoms in total. The lowest BCUT2D eigenvalue weighted by Gasteiger charge is -2.32. The number of benzene rings is 6. The van der Waals surface area contributed by atoms with E-state index in [0.29, 0.717) is 6.42 Å². The van der Waals surface area contributed by atoms with Crippen LogP contribution in [0.25, 0.3) is 11.1 Å². The molecule has 0 saturated carbocycles. The van der Waals surface area contributed by atoms with Crippen molar-refractivity contribution in [2.24, 2.45) is 0 Å². The van der Waals surface area contributed by atoms with Crippen LogP contribution in [-0.4, -0.2) is 19.9 Å². The molecular weight excluding hydrogens is 997 g/mol. The number of hydrogen-bond acceptors (Lipinski definition) is 12. The Balaban J connectivity index is 1.16. The van der Waals surface area contributed by atoms with Crippen molar-refractivity contribution in [3.63, 3.8) is 0 Å². The van der Waals surface area contributed by atoms with Gasteiger partial charge in [0.25, 0.3) is 0 Å². The molecule has 5 heterocycles. The Morgan fingerprint density at radius 2 is 0.867 bits per heavy atom. The van der Waals surface area contributed by atoms with Crippen LogP contribution in [0.1, 0.15) is 39.3 Å². The number of nitrogens with zero attached hydrogens (tertiary/aromatic N) is 8. The predicted octanol–water partition coefficient (Wildman–Crippen LogP) is 18.4. The molecule has 0 amide bonds. The lowest BCUT2D eigenvalue weighted by molar-refractivity contribution is 1.03. The zero-order valence-electron chi connectivity index (χ0n) is 40.8. The summed E-state index contributed by atoms with van der Waals surface area (Å²) in [5.74, 6) is 0. The molecule has 12 rings (SSSR count). The second-order valence-corrected chi connectivity index (χ2v) is 21.4. The first-order valence-electron chi connectivity index (χ1n) is 24.7. The summed E-state index contributed by atoms with van der Waals surface area (Å²) < 4.78 is 0. The second-order valence-electron chi connectivity index (χ2n) is 17.4. The van der Waals surface area contributed by atoms with Crippen molar-refractivity contribution >= 4 is 111 Å². The third-order valence-electron chi connectivity index (χ3n) is 12.6. The SMILES string of the molecule is CC\C=C/C=C\C1=C2/CC=CC=C2N(c2ccccc2)c2ncc(s2)/C(c2cnc(N(c3ccccc3)c3ccccc3)s2)=C(/c2cnc(N(c3ccccc3)c3ccccc3)s2)c2cnc(s2)N1c1ccccc1. The fourth-order valence-electron chi connectivity index (χ4n) is 9.25. The average Bonchev–Trinajstić information content (AvgIpc) is 4.34. The van der Waals surface area contributed by atoms with E-state index in [1.165, 1.54) is 0 Å². The first-order valence-corrected chi connectivity index (χ1v) is 28.0. The minimum absolute atomic E-state index is 0.687. The standard InChI is InChI=1S/C63H48N8S4/c1-2-3-4-23-39-52-51-38-24-25-40-53(51)71(50-36-21-10-22-37-50)63-67-44-57(75-63)59(55-42-65-61(73-55)69(47-30-15-7-16-31-47)48-32-17-8-18-33-48)58(56-43-66-62(74-56)70(52)49-34-19-9-20-35-49)54-41-64-60(72-54)68(45-26-11-5-12-27-45)46-28-13-6-14-29-46/h3-37,39-44H,2,38H2,1H3/b4-3-,39-23-,52-51-,59-58-. The van der Waals surface area contributed by atoms with Gasteiger partial charge in [-0.3, -0.25) is 19.6 Å². The molecule has 1 aliphatic heterocycles. The Morgan fingerprint density at radius 3 is 1.32 bits per heavy atom. The summed E-state index contributed by atoms with van der Waals surface area (Å²) in [6.45, 7) is 2.16. The normalized spacial score (nSPS) is 15.6. The maximum absolute atomic E-state index is 5.44. The summed E-state index contributed by atoms with van der Waals surface area (Å²) in [7, 11) is 0. The van der Waals surface area contributed by atoms with Gasteiger partial charge in [-0.15, -0.1) is 0 Å². The molecule has 0 unspecified atom stereocenters. The van der Waals surface area contributed by atoms with Crippen molar-refractivity contribution < 1.29 is 0 Å². The molecule has 0 atom stereocenters. The van der Waals surface area contributed by atoms with Gasteiger partial charge in [-0.2, -0.15) is 0 Å². The maximum Gasteiger partial charge on any atom is 0.195 e. The van der Waals surface area contributed by atoms with Crippen LogP contribution in [0.3, 0.4) is 0 Å². The summed E-state index contributed by atoms with van der Waals surface area (Å²) in [4.78, 5) is 34.5. The number of para-hydroxylation sites is 6. The van der Waals surface area contributed by atoms with Gasteiger partial charge in [0.05, 0.1) is 30.9 Å². The number of thiazole rings is 4. The summed E-state index contributed by atoms with van der Waals surface area (Å²) in [6.07, 6.45) is 25.1. The molecule has 4 bridgehead atoms. The Labute approximate surface area is 453 Å². The molecule has 6 aromatic carbocycles. The lowest BCUT2D eigenvalue weighted by Crippen LogP contribution is -2.24. The molecule has 364 valence electrons. The van der Waals surface area contributed by atoms with Crippen LogP contribution in [0.4, 0.5) is 54.7 Å². The highest BCUT2D eigenvalue weighted by atomic mass is 32.1.